The Labute approximate surface area is 129 Å². The van der Waals surface area contributed by atoms with E-state index < -0.39 is 23.5 Å². The molecule has 0 heterocycles. The molecule has 0 spiro atoms. The lowest BCUT2D eigenvalue weighted by Crippen LogP contribution is -2.17. The van der Waals surface area contributed by atoms with Gasteiger partial charge in [0.1, 0.15) is 0 Å². The van der Waals surface area contributed by atoms with E-state index in [1.54, 1.807) is 0 Å². The zero-order valence-electron chi connectivity index (χ0n) is 12.3. The van der Waals surface area contributed by atoms with Gasteiger partial charge in [-0.05, 0) is 23.8 Å². The molecule has 0 N–H and O–H groups in total. The summed E-state index contributed by atoms with van der Waals surface area (Å²) in [6, 6.07) is 7.69. The van der Waals surface area contributed by atoms with Gasteiger partial charge >= 0.3 is 12.4 Å². The molecule has 2 aromatic rings. The lowest BCUT2D eigenvalue weighted by molar-refractivity contribution is -0.138. The van der Waals surface area contributed by atoms with Crippen LogP contribution in [0, 0.1) is 0 Å². The molecule has 7 heteroatoms. The maximum Gasteiger partial charge on any atom is 0.418 e. The van der Waals surface area contributed by atoms with Crippen LogP contribution in [0.2, 0.25) is 0 Å². The maximum atomic E-state index is 13.1. The molecular formula is C16H13F6N. The fourth-order valence-electron chi connectivity index (χ4n) is 2.33. The monoisotopic (exact) mass is 333 g/mol. The molecule has 0 saturated heterocycles. The molecular weight excluding hydrogens is 320 g/mol. The minimum Gasteiger partial charge on any atom is -0.377 e. The second-order valence-electron chi connectivity index (χ2n) is 5.17. The van der Waals surface area contributed by atoms with Crippen LogP contribution in [0.15, 0.2) is 42.5 Å². The van der Waals surface area contributed by atoms with Gasteiger partial charge in [0.15, 0.2) is 0 Å². The molecule has 0 radical (unpaired) electrons. The Morgan fingerprint density at radius 3 is 1.74 bits per heavy atom. The third-order valence-corrected chi connectivity index (χ3v) is 3.31. The largest absolute Gasteiger partial charge is 0.418 e. The van der Waals surface area contributed by atoms with E-state index in [0.717, 1.165) is 18.2 Å². The quantitative estimate of drug-likeness (QED) is 0.660. The number of para-hydroxylation sites is 1. The average molecular weight is 333 g/mol. The van der Waals surface area contributed by atoms with Crippen molar-refractivity contribution < 1.29 is 26.3 Å². The van der Waals surface area contributed by atoms with E-state index in [1.807, 2.05) is 0 Å². The topological polar surface area (TPSA) is 3.24 Å². The molecule has 0 amide bonds. The predicted octanol–water partition coefficient (Wildman–Crippen LogP) is 5.46. The molecule has 0 aliphatic heterocycles. The van der Waals surface area contributed by atoms with Crippen molar-refractivity contribution in [2.24, 2.45) is 0 Å². The Morgan fingerprint density at radius 2 is 1.30 bits per heavy atom. The van der Waals surface area contributed by atoms with Crippen LogP contribution in [0.1, 0.15) is 11.1 Å². The van der Waals surface area contributed by atoms with Crippen LogP contribution >= 0.6 is 0 Å². The number of hydrogen-bond donors (Lipinski definition) is 0. The van der Waals surface area contributed by atoms with Gasteiger partial charge in [0.25, 0.3) is 0 Å². The van der Waals surface area contributed by atoms with Crippen molar-refractivity contribution in [1.82, 2.24) is 0 Å². The molecule has 0 aliphatic carbocycles. The van der Waals surface area contributed by atoms with Crippen molar-refractivity contribution in [3.05, 3.63) is 53.6 Å². The van der Waals surface area contributed by atoms with Gasteiger partial charge in [0, 0.05) is 19.7 Å². The van der Waals surface area contributed by atoms with E-state index >= 15 is 0 Å². The predicted molar refractivity (Wildman–Crippen MR) is 76.2 cm³/mol. The van der Waals surface area contributed by atoms with Crippen molar-refractivity contribution in [2.75, 3.05) is 19.0 Å². The molecule has 0 bridgehead atoms. The smallest absolute Gasteiger partial charge is 0.377 e. The second-order valence-corrected chi connectivity index (χ2v) is 5.17. The minimum absolute atomic E-state index is 0.0836. The second kappa shape index (κ2) is 5.79. The number of alkyl halides is 6. The van der Waals surface area contributed by atoms with Crippen LogP contribution in [-0.2, 0) is 12.4 Å². The zero-order chi connectivity index (χ0) is 17.4. The summed E-state index contributed by atoms with van der Waals surface area (Å²) in [5.41, 5.74) is -1.26. The molecule has 0 aliphatic rings. The number of benzene rings is 2. The van der Waals surface area contributed by atoms with Crippen molar-refractivity contribution in [1.29, 1.82) is 0 Å². The zero-order valence-corrected chi connectivity index (χ0v) is 12.3. The number of halogens is 6. The third kappa shape index (κ3) is 3.60. The molecule has 0 aromatic heterocycles. The highest BCUT2D eigenvalue weighted by Crippen LogP contribution is 2.42. The number of anilines is 1. The molecule has 124 valence electrons. The van der Waals surface area contributed by atoms with Gasteiger partial charge in [-0.3, -0.25) is 0 Å². The van der Waals surface area contributed by atoms with E-state index in [-0.39, 0.29) is 16.8 Å². The normalized spacial score (nSPS) is 12.3. The van der Waals surface area contributed by atoms with E-state index in [2.05, 4.69) is 0 Å². The molecule has 0 saturated carbocycles. The van der Waals surface area contributed by atoms with Gasteiger partial charge in [-0.1, -0.05) is 24.3 Å². The molecule has 0 atom stereocenters. The third-order valence-electron chi connectivity index (χ3n) is 3.31. The highest BCUT2D eigenvalue weighted by Gasteiger charge is 2.35. The molecule has 2 aromatic carbocycles. The summed E-state index contributed by atoms with van der Waals surface area (Å²) in [6.45, 7) is 0. The van der Waals surface area contributed by atoms with Crippen LogP contribution in [-0.4, -0.2) is 14.1 Å². The van der Waals surface area contributed by atoms with Crippen LogP contribution in [0.25, 0.3) is 11.1 Å². The molecule has 2 rings (SSSR count). The van der Waals surface area contributed by atoms with Crippen molar-refractivity contribution >= 4 is 5.69 Å². The van der Waals surface area contributed by atoms with E-state index in [4.69, 9.17) is 0 Å². The summed E-state index contributed by atoms with van der Waals surface area (Å²) in [7, 11) is 2.91. The highest BCUT2D eigenvalue weighted by atomic mass is 19.4. The standard InChI is InChI=1S/C16H13F6N/c1-23(2)14-12(4-3-5-13(14)16(20,21)22)10-6-8-11(9-7-10)15(17,18)19/h3-9H,1-2H3. The van der Waals surface area contributed by atoms with Crippen molar-refractivity contribution in [3.8, 4) is 11.1 Å². The van der Waals surface area contributed by atoms with Crippen LogP contribution in [0.5, 0.6) is 0 Å². The van der Waals surface area contributed by atoms with Crippen molar-refractivity contribution in [2.45, 2.75) is 12.4 Å². The molecule has 1 nitrogen and oxygen atoms in total. The fraction of sp³-hybridized carbons (Fsp3) is 0.250. The first-order chi connectivity index (χ1) is 10.5. The summed E-state index contributed by atoms with van der Waals surface area (Å²) in [5, 5.41) is 0. The summed E-state index contributed by atoms with van der Waals surface area (Å²) in [5.74, 6) is 0. The first kappa shape index (κ1) is 17.2. The molecule has 0 fully saturated rings. The summed E-state index contributed by atoms with van der Waals surface area (Å²) in [4.78, 5) is 1.30. The van der Waals surface area contributed by atoms with Gasteiger partial charge in [0.2, 0.25) is 0 Å². The molecule has 0 unspecified atom stereocenters. The van der Waals surface area contributed by atoms with Crippen LogP contribution < -0.4 is 4.90 Å². The van der Waals surface area contributed by atoms with Gasteiger partial charge < -0.3 is 4.90 Å². The molecule has 23 heavy (non-hydrogen) atoms. The van der Waals surface area contributed by atoms with Crippen LogP contribution in [0.3, 0.4) is 0 Å². The number of hydrogen-bond acceptors (Lipinski definition) is 1. The van der Waals surface area contributed by atoms with Gasteiger partial charge in [-0.15, -0.1) is 0 Å². The Hall–Kier alpha value is -2.18. The first-order valence-electron chi connectivity index (χ1n) is 6.57. The number of rotatable bonds is 2. The van der Waals surface area contributed by atoms with E-state index in [0.29, 0.717) is 0 Å². The van der Waals surface area contributed by atoms with Gasteiger partial charge in [-0.25, -0.2) is 0 Å². The van der Waals surface area contributed by atoms with Gasteiger partial charge in [0.05, 0.1) is 16.8 Å². The van der Waals surface area contributed by atoms with Crippen LogP contribution in [0.4, 0.5) is 32.0 Å². The van der Waals surface area contributed by atoms with E-state index in [9.17, 15) is 26.3 Å². The van der Waals surface area contributed by atoms with Crippen molar-refractivity contribution in [3.63, 3.8) is 0 Å². The average Bonchev–Trinajstić information content (AvgIpc) is 2.44. The Morgan fingerprint density at radius 1 is 0.739 bits per heavy atom. The van der Waals surface area contributed by atoms with E-state index in [1.165, 1.54) is 43.3 Å². The Kier molecular flexibility index (Phi) is 4.32. The fourth-order valence-corrected chi connectivity index (χ4v) is 2.33. The SMILES string of the molecule is CN(C)c1c(-c2ccc(C(F)(F)F)cc2)cccc1C(F)(F)F. The van der Waals surface area contributed by atoms with Gasteiger partial charge in [-0.2, -0.15) is 26.3 Å². The lowest BCUT2D eigenvalue weighted by atomic mass is 9.98. The Bertz CT molecular complexity index is 683. The summed E-state index contributed by atoms with van der Waals surface area (Å²) >= 11 is 0. The minimum atomic E-state index is -4.55. The summed E-state index contributed by atoms with van der Waals surface area (Å²) < 4.78 is 77.2. The Balaban J connectivity index is 2.60. The first-order valence-corrected chi connectivity index (χ1v) is 6.57. The number of nitrogens with zero attached hydrogens (tertiary/aromatic N) is 1. The highest BCUT2D eigenvalue weighted by molar-refractivity contribution is 5.81. The lowest BCUT2D eigenvalue weighted by Gasteiger charge is -2.23. The maximum absolute atomic E-state index is 13.1. The summed E-state index contributed by atoms with van der Waals surface area (Å²) in [6.07, 6.45) is -9.04.